The predicted molar refractivity (Wildman–Crippen MR) is 69.6 cm³/mol. The number of fused-ring (bicyclic) bond motifs is 1. The molecule has 2 atom stereocenters. The van der Waals surface area contributed by atoms with Gasteiger partial charge in [-0.3, -0.25) is 4.79 Å². The van der Waals surface area contributed by atoms with Crippen molar-refractivity contribution in [3.8, 4) is 5.75 Å². The van der Waals surface area contributed by atoms with E-state index in [9.17, 15) is 9.59 Å². The van der Waals surface area contributed by atoms with Gasteiger partial charge in [0, 0.05) is 12.5 Å². The molecule has 1 aliphatic heterocycles. The molecule has 1 saturated carbocycles. The molecule has 4 nitrogen and oxygen atoms in total. The summed E-state index contributed by atoms with van der Waals surface area (Å²) in [6.45, 7) is 0.523. The Bertz CT molecular complexity index is 485. The second-order valence-corrected chi connectivity index (χ2v) is 5.28. The highest BCUT2D eigenvalue weighted by Crippen LogP contribution is 2.37. The lowest BCUT2D eigenvalue weighted by Crippen LogP contribution is -2.36. The molecular weight excluding hydrogens is 242 g/mol. The molecule has 1 heterocycles. The molecule has 2 amide bonds. The zero-order chi connectivity index (χ0) is 13.2. The van der Waals surface area contributed by atoms with Crippen LogP contribution in [0.2, 0.25) is 0 Å². The molecular formula is C15H17NO3. The Morgan fingerprint density at radius 2 is 1.89 bits per heavy atom. The van der Waals surface area contributed by atoms with Gasteiger partial charge in [-0.15, -0.1) is 0 Å². The molecule has 1 aromatic carbocycles. The summed E-state index contributed by atoms with van der Waals surface area (Å²) >= 11 is 0. The van der Waals surface area contributed by atoms with Gasteiger partial charge in [0.05, 0.1) is 0 Å². The minimum atomic E-state index is -0.536. The number of para-hydroxylation sites is 1. The van der Waals surface area contributed by atoms with Crippen molar-refractivity contribution in [1.82, 2.24) is 4.90 Å². The van der Waals surface area contributed by atoms with E-state index in [0.29, 0.717) is 18.2 Å². The molecule has 100 valence electrons. The molecule has 2 aliphatic rings. The first-order valence-corrected chi connectivity index (χ1v) is 6.84. The molecule has 1 saturated heterocycles. The Labute approximate surface area is 112 Å². The maximum absolute atomic E-state index is 12.2. The van der Waals surface area contributed by atoms with E-state index >= 15 is 0 Å². The second-order valence-electron chi connectivity index (χ2n) is 5.28. The molecule has 2 fully saturated rings. The van der Waals surface area contributed by atoms with E-state index in [1.165, 1.54) is 4.90 Å². The van der Waals surface area contributed by atoms with Crippen LogP contribution in [0.1, 0.15) is 25.7 Å². The van der Waals surface area contributed by atoms with E-state index < -0.39 is 6.09 Å². The minimum absolute atomic E-state index is 0.0390. The number of carbonyl (C=O) groups is 2. The first-order valence-electron chi connectivity index (χ1n) is 6.84. The Balaban J connectivity index is 1.69. The van der Waals surface area contributed by atoms with E-state index in [4.69, 9.17) is 4.74 Å². The maximum Gasteiger partial charge on any atom is 0.422 e. The van der Waals surface area contributed by atoms with E-state index in [1.807, 2.05) is 6.07 Å². The summed E-state index contributed by atoms with van der Waals surface area (Å²) in [5.41, 5.74) is 0. The maximum atomic E-state index is 12.2. The van der Waals surface area contributed by atoms with Gasteiger partial charge >= 0.3 is 6.09 Å². The van der Waals surface area contributed by atoms with Crippen LogP contribution in [0.15, 0.2) is 30.3 Å². The smallest absolute Gasteiger partial charge is 0.410 e. The van der Waals surface area contributed by atoms with Gasteiger partial charge in [0.15, 0.2) is 0 Å². The second kappa shape index (κ2) is 5.03. The van der Waals surface area contributed by atoms with Gasteiger partial charge in [-0.1, -0.05) is 31.0 Å². The highest BCUT2D eigenvalue weighted by atomic mass is 16.6. The van der Waals surface area contributed by atoms with Gasteiger partial charge < -0.3 is 4.74 Å². The molecule has 0 aromatic heterocycles. The summed E-state index contributed by atoms with van der Waals surface area (Å²) in [6.07, 6.45) is 3.68. The average molecular weight is 259 g/mol. The van der Waals surface area contributed by atoms with Crippen LogP contribution in [-0.4, -0.2) is 23.4 Å². The van der Waals surface area contributed by atoms with Crippen molar-refractivity contribution in [3.05, 3.63) is 30.3 Å². The fourth-order valence-corrected chi connectivity index (χ4v) is 3.08. The number of amides is 2. The summed E-state index contributed by atoms with van der Waals surface area (Å²) in [5, 5.41) is 0. The molecule has 0 bridgehead atoms. The SMILES string of the molecule is O=C(Oc1ccccc1)N1C[C@H]2CCCC[C@H]2C1=O. The van der Waals surface area contributed by atoms with Crippen LogP contribution in [0, 0.1) is 11.8 Å². The quantitative estimate of drug-likeness (QED) is 0.779. The van der Waals surface area contributed by atoms with Gasteiger partial charge in [0.2, 0.25) is 5.91 Å². The number of hydrogen-bond donors (Lipinski definition) is 0. The number of likely N-dealkylation sites (tertiary alicyclic amines) is 1. The van der Waals surface area contributed by atoms with E-state index in [0.717, 1.165) is 25.7 Å². The fourth-order valence-electron chi connectivity index (χ4n) is 3.08. The standard InChI is InChI=1S/C15H17NO3/c17-14-13-9-5-4-6-11(13)10-16(14)15(18)19-12-7-2-1-3-8-12/h1-3,7-8,11,13H,4-6,9-10H2/t11-,13-/m1/s1. The van der Waals surface area contributed by atoms with Crippen molar-refractivity contribution in [2.75, 3.05) is 6.54 Å². The van der Waals surface area contributed by atoms with Gasteiger partial charge in [0.1, 0.15) is 5.75 Å². The minimum Gasteiger partial charge on any atom is -0.410 e. The lowest BCUT2D eigenvalue weighted by molar-refractivity contribution is -0.129. The van der Waals surface area contributed by atoms with Gasteiger partial charge in [-0.2, -0.15) is 0 Å². The number of ether oxygens (including phenoxy) is 1. The van der Waals surface area contributed by atoms with E-state index in [2.05, 4.69) is 0 Å². The number of hydrogen-bond acceptors (Lipinski definition) is 3. The fraction of sp³-hybridized carbons (Fsp3) is 0.467. The van der Waals surface area contributed by atoms with Crippen molar-refractivity contribution >= 4 is 12.0 Å². The highest BCUT2D eigenvalue weighted by molar-refractivity contribution is 5.96. The van der Waals surface area contributed by atoms with Crippen LogP contribution in [0.25, 0.3) is 0 Å². The summed E-state index contributed by atoms with van der Waals surface area (Å²) in [5.74, 6) is 0.808. The third kappa shape index (κ3) is 2.35. The molecule has 4 heteroatoms. The number of imide groups is 1. The van der Waals surface area contributed by atoms with Crippen molar-refractivity contribution < 1.29 is 14.3 Å². The van der Waals surface area contributed by atoms with Gasteiger partial charge in [-0.05, 0) is 30.9 Å². The molecule has 3 rings (SSSR count). The average Bonchev–Trinajstić information content (AvgIpc) is 2.78. The van der Waals surface area contributed by atoms with E-state index in [-0.39, 0.29) is 11.8 Å². The Hall–Kier alpha value is -1.84. The number of benzene rings is 1. The van der Waals surface area contributed by atoms with Crippen LogP contribution in [0.3, 0.4) is 0 Å². The van der Waals surface area contributed by atoms with Crippen LogP contribution >= 0.6 is 0 Å². The normalized spacial score (nSPS) is 26.1. The summed E-state index contributed by atoms with van der Waals surface area (Å²) in [6, 6.07) is 8.88. The van der Waals surface area contributed by atoms with Crippen LogP contribution in [-0.2, 0) is 4.79 Å². The number of nitrogens with zero attached hydrogens (tertiary/aromatic N) is 1. The summed E-state index contributed by atoms with van der Waals surface area (Å²) < 4.78 is 5.24. The topological polar surface area (TPSA) is 46.6 Å². The molecule has 1 aliphatic carbocycles. The molecule has 0 N–H and O–H groups in total. The Morgan fingerprint density at radius 1 is 1.16 bits per heavy atom. The number of rotatable bonds is 1. The predicted octanol–water partition coefficient (Wildman–Crippen LogP) is 2.83. The highest BCUT2D eigenvalue weighted by Gasteiger charge is 2.44. The summed E-state index contributed by atoms with van der Waals surface area (Å²) in [4.78, 5) is 25.5. The lowest BCUT2D eigenvalue weighted by Gasteiger charge is -2.21. The molecule has 1 aromatic rings. The molecule has 0 spiro atoms. The third-order valence-electron chi connectivity index (χ3n) is 4.08. The van der Waals surface area contributed by atoms with Crippen LogP contribution in [0.5, 0.6) is 5.75 Å². The largest absolute Gasteiger partial charge is 0.422 e. The number of carbonyl (C=O) groups excluding carboxylic acids is 2. The van der Waals surface area contributed by atoms with Crippen molar-refractivity contribution in [1.29, 1.82) is 0 Å². The Kier molecular flexibility index (Phi) is 3.23. The Morgan fingerprint density at radius 3 is 2.63 bits per heavy atom. The van der Waals surface area contributed by atoms with Crippen LogP contribution in [0.4, 0.5) is 4.79 Å². The first kappa shape index (κ1) is 12.2. The monoisotopic (exact) mass is 259 g/mol. The zero-order valence-corrected chi connectivity index (χ0v) is 10.7. The van der Waals surface area contributed by atoms with Crippen molar-refractivity contribution in [2.45, 2.75) is 25.7 Å². The molecule has 0 unspecified atom stereocenters. The van der Waals surface area contributed by atoms with Crippen LogP contribution < -0.4 is 4.74 Å². The molecule has 0 radical (unpaired) electrons. The molecule has 19 heavy (non-hydrogen) atoms. The van der Waals surface area contributed by atoms with Gasteiger partial charge in [0.25, 0.3) is 0 Å². The van der Waals surface area contributed by atoms with Crippen molar-refractivity contribution in [3.63, 3.8) is 0 Å². The summed E-state index contributed by atoms with van der Waals surface area (Å²) in [7, 11) is 0. The lowest BCUT2D eigenvalue weighted by atomic mass is 9.81. The van der Waals surface area contributed by atoms with Gasteiger partial charge in [-0.25, -0.2) is 9.69 Å². The van der Waals surface area contributed by atoms with Crippen molar-refractivity contribution in [2.24, 2.45) is 11.8 Å². The van der Waals surface area contributed by atoms with E-state index in [1.54, 1.807) is 24.3 Å². The first-order chi connectivity index (χ1) is 9.25. The third-order valence-corrected chi connectivity index (χ3v) is 4.08. The zero-order valence-electron chi connectivity index (χ0n) is 10.7.